The van der Waals surface area contributed by atoms with Gasteiger partial charge in [0, 0.05) is 66.2 Å². The maximum absolute atomic E-state index is 14.2. The molecule has 9 rings (SSSR count). The lowest BCUT2D eigenvalue weighted by Crippen LogP contribution is -2.56. The van der Waals surface area contributed by atoms with Crippen LogP contribution in [0.5, 0.6) is 0 Å². The van der Waals surface area contributed by atoms with Crippen molar-refractivity contribution in [3.05, 3.63) is 170 Å². The summed E-state index contributed by atoms with van der Waals surface area (Å²) in [6, 6.07) is 40.9. The summed E-state index contributed by atoms with van der Waals surface area (Å²) in [5.74, 6) is -1.35. The number of carbonyl (C=O) groups excluding carboxylic acids is 2. The normalized spacial score (nSPS) is 18.0. The second kappa shape index (κ2) is 26.5. The highest BCUT2D eigenvalue weighted by Crippen LogP contribution is 2.41. The summed E-state index contributed by atoms with van der Waals surface area (Å²) in [4.78, 5) is 40.1. The fourth-order valence-electron chi connectivity index (χ4n) is 9.68. The van der Waals surface area contributed by atoms with Gasteiger partial charge < -0.3 is 18.8 Å². The molecule has 4 aromatic carbocycles. The van der Waals surface area contributed by atoms with E-state index in [1.54, 1.807) is 102 Å². The van der Waals surface area contributed by atoms with E-state index in [0.29, 0.717) is 39.3 Å². The van der Waals surface area contributed by atoms with Crippen LogP contribution in [0.4, 0.5) is 0 Å². The number of esters is 2. The van der Waals surface area contributed by atoms with Crippen molar-refractivity contribution in [3.63, 3.8) is 0 Å². The molecule has 0 saturated carbocycles. The Labute approximate surface area is 516 Å². The van der Waals surface area contributed by atoms with Crippen LogP contribution >= 0.6 is 54.5 Å². The molecular weight excluding hydrogens is 1320 g/mol. The quantitative estimate of drug-likeness (QED) is 0.0490. The number of hydrogen-bond acceptors (Lipinski definition) is 14. The van der Waals surface area contributed by atoms with Crippen LogP contribution in [0, 0.1) is 3.70 Å². The topological polar surface area (TPSA) is 172 Å². The van der Waals surface area contributed by atoms with Gasteiger partial charge in [0.1, 0.15) is 14.9 Å². The maximum Gasteiger partial charge on any atom is 0.494 e. The lowest BCUT2D eigenvalue weighted by Gasteiger charge is -2.40. The molecule has 0 N–H and O–H groups in total. The molecule has 3 fully saturated rings. The van der Waals surface area contributed by atoms with Gasteiger partial charge in [-0.1, -0.05) is 84.9 Å². The van der Waals surface area contributed by atoms with Gasteiger partial charge >= 0.3 is 19.1 Å². The molecule has 5 heterocycles. The van der Waals surface area contributed by atoms with Crippen molar-refractivity contribution < 1.29 is 45.2 Å². The molecule has 0 unspecified atom stereocenters. The average Bonchev–Trinajstić information content (AvgIpc) is 3.60. The van der Waals surface area contributed by atoms with E-state index >= 15 is 0 Å². The summed E-state index contributed by atoms with van der Waals surface area (Å²) >= 11 is 8.82. The van der Waals surface area contributed by atoms with Gasteiger partial charge in [-0.25, -0.2) is 21.8 Å². The number of aromatic nitrogens is 2. The largest absolute Gasteiger partial charge is 0.494 e. The molecule has 20 heteroatoms. The van der Waals surface area contributed by atoms with E-state index in [1.807, 2.05) is 113 Å². The number of pyridine rings is 2. The first kappa shape index (κ1) is 65.2. The molecule has 0 atom stereocenters. The number of benzene rings is 4. The van der Waals surface area contributed by atoms with Crippen LogP contribution in [-0.2, 0) is 61.1 Å². The fraction of sp³-hybridized carbons (Fsp3) is 0.419. The predicted octanol–water partition coefficient (Wildman–Crippen LogP) is 12.2. The van der Waals surface area contributed by atoms with E-state index in [0.717, 1.165) is 40.5 Å². The van der Waals surface area contributed by atoms with Crippen molar-refractivity contribution in [2.45, 2.75) is 150 Å². The van der Waals surface area contributed by atoms with Gasteiger partial charge in [-0.3, -0.25) is 24.4 Å². The zero-order valence-electron chi connectivity index (χ0n) is 48.3. The second-order valence-electron chi connectivity index (χ2n) is 23.9. The van der Waals surface area contributed by atoms with Gasteiger partial charge in [-0.15, -0.1) is 0 Å². The minimum absolute atomic E-state index is 0.0973. The zero-order chi connectivity index (χ0) is 59.9. The van der Waals surface area contributed by atoms with Gasteiger partial charge in [0.05, 0.1) is 26.7 Å². The Morgan fingerprint density at radius 1 is 0.561 bits per heavy atom. The van der Waals surface area contributed by atoms with Crippen LogP contribution in [0.3, 0.4) is 0 Å². The van der Waals surface area contributed by atoms with Crippen LogP contribution in [0.25, 0.3) is 11.3 Å². The van der Waals surface area contributed by atoms with Gasteiger partial charge in [0.2, 0.25) is 0 Å². The summed E-state index contributed by atoms with van der Waals surface area (Å²) in [7, 11) is -8.69. The standard InChI is InChI=1S/C29H40BNO6S.C28H31BrN2O4S.C5H3BrIN/c1-26(2,3)35-25(32)29(17-19-31(20-18-29)21-22-11-9-8-10-12-22)38(33,34)24-15-13-23(14-16-24)30-36-27(4,5)28(6,7)37-30;1-27(2,3)35-26(32)28(15-17-31(18-16-28)20-21-7-5-4-6-8-21)36(33,34)24-12-9-22(10-13-24)25-14-11-23(29)19-30-25;6-4-1-2-5(7)8-3-4/h8-16H,17-21H2,1-7H3;4-14,19H,15-18,20H2,1-3H3;1-3H. The Morgan fingerprint density at radius 2 is 0.939 bits per heavy atom. The third-order valence-corrected chi connectivity index (χ3v) is 21.6. The first-order valence-electron chi connectivity index (χ1n) is 27.3. The molecule has 0 aliphatic carbocycles. The number of halogens is 3. The minimum atomic E-state index is -4.06. The molecule has 3 aliphatic heterocycles. The zero-order valence-corrected chi connectivity index (χ0v) is 55.3. The molecule has 6 aromatic rings. The first-order valence-corrected chi connectivity index (χ1v) is 32.9. The summed E-state index contributed by atoms with van der Waals surface area (Å²) in [5.41, 5.74) is 1.96. The number of nitrogens with zero attached hydrogens (tertiary/aromatic N) is 4. The van der Waals surface area contributed by atoms with E-state index in [1.165, 1.54) is 0 Å². The Bertz CT molecular complexity index is 3300. The van der Waals surface area contributed by atoms with Crippen LogP contribution in [0.2, 0.25) is 0 Å². The summed E-state index contributed by atoms with van der Waals surface area (Å²) in [6.07, 6.45) is 4.15. The van der Waals surface area contributed by atoms with Crippen molar-refractivity contribution in [2.24, 2.45) is 0 Å². The molecular formula is C62H74BBr2IN4O10S2. The predicted molar refractivity (Wildman–Crippen MR) is 338 cm³/mol. The Hall–Kier alpha value is -4.39. The Balaban J connectivity index is 0.000000208. The summed E-state index contributed by atoms with van der Waals surface area (Å²) in [5, 5.41) is 0. The van der Waals surface area contributed by atoms with E-state index in [4.69, 9.17) is 18.8 Å². The lowest BCUT2D eigenvalue weighted by atomic mass is 9.79. The lowest BCUT2D eigenvalue weighted by molar-refractivity contribution is -0.160. The number of carbonyl (C=O) groups is 2. The van der Waals surface area contributed by atoms with Crippen LogP contribution < -0.4 is 5.46 Å². The Kier molecular flexibility index (Phi) is 21.0. The molecule has 14 nitrogen and oxygen atoms in total. The highest BCUT2D eigenvalue weighted by molar-refractivity contribution is 14.1. The number of ether oxygens (including phenoxy) is 2. The molecule has 3 aliphatic rings. The van der Waals surface area contributed by atoms with Crippen molar-refractivity contribution in [3.8, 4) is 11.3 Å². The van der Waals surface area contributed by atoms with Gasteiger partial charge in [-0.05, 0) is 214 Å². The highest BCUT2D eigenvalue weighted by Gasteiger charge is 2.57. The number of hydrogen-bond donors (Lipinski definition) is 0. The Morgan fingerprint density at radius 3 is 1.28 bits per heavy atom. The van der Waals surface area contributed by atoms with E-state index in [2.05, 4.69) is 74.2 Å². The third-order valence-electron chi connectivity index (χ3n) is 15.0. The van der Waals surface area contributed by atoms with E-state index in [-0.39, 0.29) is 35.5 Å². The maximum atomic E-state index is 14.2. The SMILES string of the molecule is Brc1ccc(I)nc1.CC(C)(C)OC(=O)C1(S(=O)(=O)c2ccc(-c3ccc(Br)cn3)cc2)CCN(Cc2ccccc2)CC1.CC(C)(C)OC(=O)C1(S(=O)(=O)c2ccc(B3OC(C)(C)C(C)(C)O3)cc2)CCN(Cc2ccccc2)CC1. The molecule has 0 amide bonds. The van der Waals surface area contributed by atoms with Gasteiger partial charge in [-0.2, -0.15) is 0 Å². The van der Waals surface area contributed by atoms with Crippen molar-refractivity contribution in [2.75, 3.05) is 26.2 Å². The monoisotopic (exact) mass is 1390 g/mol. The van der Waals surface area contributed by atoms with E-state index in [9.17, 15) is 26.4 Å². The fourth-order valence-corrected chi connectivity index (χ4v) is 14.3. The molecule has 438 valence electrons. The van der Waals surface area contributed by atoms with Crippen LogP contribution in [-0.4, -0.2) is 114 Å². The van der Waals surface area contributed by atoms with Crippen molar-refractivity contribution in [1.29, 1.82) is 0 Å². The van der Waals surface area contributed by atoms with Gasteiger partial charge in [0.15, 0.2) is 29.2 Å². The molecule has 3 saturated heterocycles. The third kappa shape index (κ3) is 15.9. The number of piperidine rings is 2. The number of likely N-dealkylation sites (tertiary alicyclic amines) is 2. The number of rotatable bonds is 12. The highest BCUT2D eigenvalue weighted by atomic mass is 127. The minimum Gasteiger partial charge on any atom is -0.459 e. The molecule has 0 radical (unpaired) electrons. The van der Waals surface area contributed by atoms with E-state index < -0.39 is 70.6 Å². The van der Waals surface area contributed by atoms with Crippen molar-refractivity contribution in [1.82, 2.24) is 19.8 Å². The first-order chi connectivity index (χ1) is 38.4. The van der Waals surface area contributed by atoms with Gasteiger partial charge in [0.25, 0.3) is 0 Å². The average molecular weight is 1400 g/mol. The smallest absolute Gasteiger partial charge is 0.459 e. The second-order valence-corrected chi connectivity index (χ2v) is 31.3. The number of sulfone groups is 2. The van der Waals surface area contributed by atoms with Crippen LogP contribution in [0.15, 0.2) is 165 Å². The summed E-state index contributed by atoms with van der Waals surface area (Å²) in [6.45, 7) is 21.8. The molecule has 0 spiro atoms. The summed E-state index contributed by atoms with van der Waals surface area (Å²) < 4.78 is 79.7. The van der Waals surface area contributed by atoms with Crippen LogP contribution in [0.1, 0.15) is 106 Å². The molecule has 82 heavy (non-hydrogen) atoms. The molecule has 0 bridgehead atoms. The molecule has 2 aromatic heterocycles. The van der Waals surface area contributed by atoms with Crippen molar-refractivity contribution >= 4 is 98.6 Å².